The minimum atomic E-state index is -1.08. The molecule has 0 aliphatic heterocycles. The Morgan fingerprint density at radius 3 is 2.17 bits per heavy atom. The highest BCUT2D eigenvalue weighted by Crippen LogP contribution is 2.37. The lowest BCUT2D eigenvalue weighted by molar-refractivity contribution is -0.153. The first-order valence-corrected chi connectivity index (χ1v) is 3.51. The number of rotatable bonds is 2. The first-order valence-electron chi connectivity index (χ1n) is 3.51. The molecule has 1 aliphatic carbocycles. The number of hydrogen-bond acceptors (Lipinski definition) is 3. The Morgan fingerprint density at radius 1 is 1.58 bits per heavy atom. The highest BCUT2D eigenvalue weighted by atomic mass is 32.1. The first kappa shape index (κ1) is 11.4. The van der Waals surface area contributed by atoms with Crippen molar-refractivity contribution in [3.63, 3.8) is 0 Å². The van der Waals surface area contributed by atoms with E-state index in [9.17, 15) is 9.59 Å². The lowest BCUT2D eigenvalue weighted by Gasteiger charge is -2.41. The Balaban J connectivity index is 0.00000121. The highest BCUT2D eigenvalue weighted by molar-refractivity contribution is 7.59. The minimum absolute atomic E-state index is 0. The summed E-state index contributed by atoms with van der Waals surface area (Å²) in [5.41, 5.74) is 4.48. The van der Waals surface area contributed by atoms with Gasteiger partial charge in [-0.1, -0.05) is 0 Å². The molecular weight excluding hydrogens is 178 g/mol. The molecule has 1 aliphatic rings. The Morgan fingerprint density at radius 2 is 2.08 bits per heavy atom. The Hall–Kier alpha value is -0.550. The van der Waals surface area contributed by atoms with Crippen LogP contribution in [0.1, 0.15) is 19.8 Å². The molecule has 2 atom stereocenters. The summed E-state index contributed by atoms with van der Waals surface area (Å²) in [6, 6.07) is 0. The lowest BCUT2D eigenvalue weighted by Crippen LogP contribution is -2.62. The third kappa shape index (κ3) is 1.47. The van der Waals surface area contributed by atoms with Gasteiger partial charge in [-0.2, -0.15) is 13.5 Å². The van der Waals surface area contributed by atoms with E-state index in [1.165, 1.54) is 6.92 Å². The second-order valence-corrected chi connectivity index (χ2v) is 3.03. The number of carboxylic acids is 1. The third-order valence-electron chi connectivity index (χ3n) is 2.42. The lowest BCUT2D eigenvalue weighted by atomic mass is 9.65. The van der Waals surface area contributed by atoms with E-state index in [0.29, 0.717) is 12.8 Å². The largest absolute Gasteiger partial charge is 0.481 e. The number of aliphatic carboxylic acids is 1. The second kappa shape index (κ2) is 3.45. The Labute approximate surface area is 77.6 Å². The van der Waals surface area contributed by atoms with Crippen molar-refractivity contribution >= 4 is 25.2 Å². The van der Waals surface area contributed by atoms with Gasteiger partial charge in [-0.25, -0.2) is 0 Å². The van der Waals surface area contributed by atoms with Crippen molar-refractivity contribution in [1.82, 2.24) is 0 Å². The molecule has 12 heavy (non-hydrogen) atoms. The number of ketones is 1. The Kier molecular flexibility index (Phi) is 3.29. The van der Waals surface area contributed by atoms with Crippen LogP contribution in [0.3, 0.4) is 0 Å². The molecular formula is C7H13NO3S. The fourth-order valence-electron chi connectivity index (χ4n) is 1.36. The summed E-state index contributed by atoms with van der Waals surface area (Å²) in [6.45, 7) is 1.34. The molecule has 4 nitrogen and oxygen atoms in total. The van der Waals surface area contributed by atoms with E-state index in [4.69, 9.17) is 10.8 Å². The van der Waals surface area contributed by atoms with E-state index in [0.717, 1.165) is 0 Å². The zero-order valence-corrected chi connectivity index (χ0v) is 7.83. The maximum absolute atomic E-state index is 10.9. The van der Waals surface area contributed by atoms with Gasteiger partial charge in [-0.15, -0.1) is 0 Å². The topological polar surface area (TPSA) is 80.4 Å². The van der Waals surface area contributed by atoms with E-state index in [-0.39, 0.29) is 19.3 Å². The molecule has 0 aromatic rings. The molecule has 1 rings (SSSR count). The van der Waals surface area contributed by atoms with Crippen molar-refractivity contribution in [2.75, 3.05) is 0 Å². The molecule has 1 fully saturated rings. The maximum Gasteiger partial charge on any atom is 0.308 e. The van der Waals surface area contributed by atoms with Crippen LogP contribution < -0.4 is 5.73 Å². The molecule has 5 heteroatoms. The predicted octanol–water partition coefficient (Wildman–Crippen LogP) is -0.120. The smallest absolute Gasteiger partial charge is 0.308 e. The van der Waals surface area contributed by atoms with Crippen molar-refractivity contribution in [2.45, 2.75) is 25.3 Å². The van der Waals surface area contributed by atoms with Gasteiger partial charge in [0.1, 0.15) is 5.78 Å². The van der Waals surface area contributed by atoms with Crippen LogP contribution in [0.15, 0.2) is 0 Å². The molecule has 0 amide bonds. The van der Waals surface area contributed by atoms with Gasteiger partial charge in [0.05, 0.1) is 11.5 Å². The molecule has 70 valence electrons. The number of nitrogens with two attached hydrogens (primary N) is 1. The van der Waals surface area contributed by atoms with Crippen LogP contribution >= 0.6 is 13.5 Å². The van der Waals surface area contributed by atoms with Crippen LogP contribution in [0.4, 0.5) is 0 Å². The van der Waals surface area contributed by atoms with Gasteiger partial charge in [-0.3, -0.25) is 9.59 Å². The fourth-order valence-corrected chi connectivity index (χ4v) is 1.36. The van der Waals surface area contributed by atoms with Crippen LogP contribution in [-0.4, -0.2) is 22.4 Å². The molecule has 0 radical (unpaired) electrons. The standard InChI is InChI=1S/C7H11NO3.H2S/c1-4(9)7(8)3-2-5(7)6(10)11;/h5H,2-3,8H2,1H3,(H,10,11);1H2. The molecule has 0 heterocycles. The zero-order chi connectivity index (χ0) is 8.65. The molecule has 0 aromatic heterocycles. The molecule has 2 unspecified atom stereocenters. The Bertz CT molecular complexity index is 219. The maximum atomic E-state index is 10.9. The van der Waals surface area contributed by atoms with Crippen molar-refractivity contribution in [2.24, 2.45) is 11.7 Å². The summed E-state index contributed by atoms with van der Waals surface area (Å²) in [5.74, 6) is -1.86. The summed E-state index contributed by atoms with van der Waals surface area (Å²) in [6.07, 6.45) is 1.02. The van der Waals surface area contributed by atoms with E-state index in [2.05, 4.69) is 0 Å². The predicted molar refractivity (Wildman–Crippen MR) is 48.3 cm³/mol. The van der Waals surface area contributed by atoms with Crippen LogP contribution in [0.25, 0.3) is 0 Å². The van der Waals surface area contributed by atoms with Crippen LogP contribution in [0.2, 0.25) is 0 Å². The van der Waals surface area contributed by atoms with Crippen LogP contribution in [0, 0.1) is 5.92 Å². The minimum Gasteiger partial charge on any atom is -0.481 e. The SMILES string of the molecule is CC(=O)C1(N)CCC1C(=O)O.S. The number of carbonyl (C=O) groups is 2. The second-order valence-electron chi connectivity index (χ2n) is 3.03. The van der Waals surface area contributed by atoms with Crippen molar-refractivity contribution < 1.29 is 14.7 Å². The molecule has 3 N–H and O–H groups in total. The summed E-state index contributed by atoms with van der Waals surface area (Å²) < 4.78 is 0. The molecule has 0 bridgehead atoms. The number of carboxylic acid groups (broad SMARTS) is 1. The molecule has 0 spiro atoms. The average Bonchev–Trinajstić information content (AvgIpc) is 1.82. The zero-order valence-electron chi connectivity index (χ0n) is 6.83. The van der Waals surface area contributed by atoms with Gasteiger partial charge < -0.3 is 10.8 Å². The van der Waals surface area contributed by atoms with Gasteiger partial charge in [0.25, 0.3) is 0 Å². The third-order valence-corrected chi connectivity index (χ3v) is 2.42. The summed E-state index contributed by atoms with van der Waals surface area (Å²) in [7, 11) is 0. The summed E-state index contributed by atoms with van der Waals surface area (Å²) in [5, 5.41) is 8.59. The van der Waals surface area contributed by atoms with Gasteiger partial charge in [0.15, 0.2) is 0 Å². The normalized spacial score (nSPS) is 33.0. The van der Waals surface area contributed by atoms with Crippen molar-refractivity contribution in [3.8, 4) is 0 Å². The van der Waals surface area contributed by atoms with E-state index >= 15 is 0 Å². The van der Waals surface area contributed by atoms with Crippen LogP contribution in [-0.2, 0) is 9.59 Å². The number of carbonyl (C=O) groups excluding carboxylic acids is 1. The monoisotopic (exact) mass is 191 g/mol. The molecule has 1 saturated carbocycles. The van der Waals surface area contributed by atoms with Gasteiger partial charge in [-0.05, 0) is 19.8 Å². The quantitative estimate of drug-likeness (QED) is 0.637. The van der Waals surface area contributed by atoms with Crippen LogP contribution in [0.5, 0.6) is 0 Å². The fraction of sp³-hybridized carbons (Fsp3) is 0.714. The van der Waals surface area contributed by atoms with Gasteiger partial charge in [0.2, 0.25) is 0 Å². The number of hydrogen-bond donors (Lipinski definition) is 2. The van der Waals surface area contributed by atoms with Gasteiger partial charge in [0, 0.05) is 0 Å². The molecule has 0 saturated heterocycles. The summed E-state index contributed by atoms with van der Waals surface area (Å²) in [4.78, 5) is 21.3. The highest BCUT2D eigenvalue weighted by Gasteiger charge is 2.51. The first-order chi connectivity index (χ1) is 4.98. The van der Waals surface area contributed by atoms with E-state index in [1.807, 2.05) is 0 Å². The molecule has 0 aromatic carbocycles. The van der Waals surface area contributed by atoms with E-state index < -0.39 is 17.4 Å². The van der Waals surface area contributed by atoms with Crippen molar-refractivity contribution in [1.29, 1.82) is 0 Å². The van der Waals surface area contributed by atoms with E-state index in [1.54, 1.807) is 0 Å². The summed E-state index contributed by atoms with van der Waals surface area (Å²) >= 11 is 0. The van der Waals surface area contributed by atoms with Crippen molar-refractivity contribution in [3.05, 3.63) is 0 Å². The number of Topliss-reactive ketones (excluding diaryl/α,β-unsaturated/α-hetero) is 1. The van der Waals surface area contributed by atoms with Gasteiger partial charge >= 0.3 is 5.97 Å². The average molecular weight is 191 g/mol.